The molecule has 0 radical (unpaired) electrons. The molecule has 2 aromatic carbocycles. The molecule has 1 aliphatic rings. The first-order chi connectivity index (χ1) is 13.5. The van der Waals surface area contributed by atoms with Gasteiger partial charge in [-0.2, -0.15) is 0 Å². The molecule has 1 fully saturated rings. The molecule has 0 unspecified atom stereocenters. The van der Waals surface area contributed by atoms with Gasteiger partial charge in [0.25, 0.3) is 10.0 Å². The van der Waals surface area contributed by atoms with E-state index in [2.05, 4.69) is 0 Å². The number of hydrogen-bond acceptors (Lipinski definition) is 4. The van der Waals surface area contributed by atoms with Crippen molar-refractivity contribution in [1.29, 1.82) is 0 Å². The van der Waals surface area contributed by atoms with Crippen LogP contribution in [-0.4, -0.2) is 52.9 Å². The van der Waals surface area contributed by atoms with Gasteiger partial charge in [-0.15, -0.1) is 0 Å². The number of benzene rings is 2. The molecule has 1 saturated heterocycles. The monoisotopic (exact) mass is 405 g/mol. The highest BCUT2D eigenvalue weighted by Crippen LogP contribution is 2.32. The number of aliphatic hydroxyl groups excluding tert-OH is 1. The average Bonchev–Trinajstić information content (AvgIpc) is 2.73. The second-order valence-corrected chi connectivity index (χ2v) is 9.05. The Morgan fingerprint density at radius 2 is 1.68 bits per heavy atom. The Balaban J connectivity index is 1.90. The summed E-state index contributed by atoms with van der Waals surface area (Å²) in [6.45, 7) is 2.57. The molecule has 28 heavy (non-hydrogen) atoms. The summed E-state index contributed by atoms with van der Waals surface area (Å²) in [5.74, 6) is 0.458. The van der Waals surface area contributed by atoms with E-state index >= 15 is 0 Å². The Hall–Kier alpha value is -2.09. The predicted molar refractivity (Wildman–Crippen MR) is 109 cm³/mol. The summed E-state index contributed by atoms with van der Waals surface area (Å²) in [5.41, 5.74) is 0.432. The van der Waals surface area contributed by atoms with Crippen LogP contribution >= 0.6 is 0 Å². The van der Waals surface area contributed by atoms with E-state index in [4.69, 9.17) is 4.74 Å². The minimum atomic E-state index is -3.84. The summed E-state index contributed by atoms with van der Waals surface area (Å²) in [5, 5.41) is 10.7. The summed E-state index contributed by atoms with van der Waals surface area (Å²) in [4.78, 5) is 1.52. The van der Waals surface area contributed by atoms with Crippen LogP contribution in [0.5, 0.6) is 5.75 Å². The van der Waals surface area contributed by atoms with Crippen molar-refractivity contribution in [3.63, 3.8) is 0 Å². The minimum Gasteiger partial charge on any atom is -0.495 e. The third-order valence-electron chi connectivity index (χ3n) is 5.15. The molecular weight excluding hydrogens is 376 g/mol. The number of para-hydroxylation sites is 2. The van der Waals surface area contributed by atoms with Crippen LogP contribution in [0.4, 0.5) is 5.69 Å². The Labute approximate surface area is 167 Å². The SMILES string of the molecule is COc1ccccc1N(C[C@H](O)C[NH+]1CCCCC1)S(=O)(=O)c1ccccc1. The van der Waals surface area contributed by atoms with Gasteiger partial charge in [0, 0.05) is 0 Å². The second-order valence-electron chi connectivity index (χ2n) is 7.19. The molecule has 0 bridgehead atoms. The van der Waals surface area contributed by atoms with Crippen LogP contribution in [0.15, 0.2) is 59.5 Å². The number of quaternary nitrogens is 1. The summed E-state index contributed by atoms with van der Waals surface area (Å²) in [7, 11) is -2.32. The molecule has 6 nitrogen and oxygen atoms in total. The van der Waals surface area contributed by atoms with E-state index in [1.807, 2.05) is 0 Å². The first-order valence-corrected chi connectivity index (χ1v) is 11.2. The molecule has 0 saturated carbocycles. The zero-order valence-electron chi connectivity index (χ0n) is 16.3. The molecule has 2 N–H and O–H groups in total. The highest BCUT2D eigenvalue weighted by atomic mass is 32.2. The van der Waals surface area contributed by atoms with Gasteiger partial charge in [0.1, 0.15) is 18.4 Å². The number of piperidine rings is 1. The number of sulfonamides is 1. The molecule has 1 atom stereocenters. The Morgan fingerprint density at radius 3 is 2.36 bits per heavy atom. The van der Waals surface area contributed by atoms with Gasteiger partial charge in [-0.3, -0.25) is 4.31 Å². The van der Waals surface area contributed by atoms with Crippen molar-refractivity contribution < 1.29 is 23.2 Å². The Morgan fingerprint density at radius 1 is 1.04 bits per heavy atom. The summed E-state index contributed by atoms with van der Waals surface area (Å²) >= 11 is 0. The number of methoxy groups -OCH3 is 1. The average molecular weight is 406 g/mol. The Kier molecular flexibility index (Phi) is 6.93. The van der Waals surface area contributed by atoms with Gasteiger partial charge >= 0.3 is 0 Å². The molecule has 7 heteroatoms. The zero-order chi connectivity index (χ0) is 20.0. The first-order valence-electron chi connectivity index (χ1n) is 9.75. The largest absolute Gasteiger partial charge is 0.495 e. The van der Waals surface area contributed by atoms with Gasteiger partial charge in [0.05, 0.1) is 37.3 Å². The maximum atomic E-state index is 13.4. The standard InChI is InChI=1S/C21H28N2O4S/c1-27-21-13-7-6-12-20(21)23(28(25,26)19-10-4-2-5-11-19)17-18(24)16-22-14-8-3-9-15-22/h2,4-7,10-13,18,24H,3,8-9,14-17H2,1H3/p+1/t18-/m1/s1. The first kappa shape index (κ1) is 20.6. The molecule has 2 aromatic rings. The van der Waals surface area contributed by atoms with E-state index in [0.29, 0.717) is 18.0 Å². The van der Waals surface area contributed by atoms with Crippen LogP contribution in [0.3, 0.4) is 0 Å². The highest BCUT2D eigenvalue weighted by molar-refractivity contribution is 7.92. The molecule has 0 amide bonds. The van der Waals surface area contributed by atoms with Gasteiger partial charge in [0.15, 0.2) is 0 Å². The minimum absolute atomic E-state index is 0.0128. The van der Waals surface area contributed by atoms with E-state index in [0.717, 1.165) is 25.9 Å². The van der Waals surface area contributed by atoms with Crippen molar-refractivity contribution in [3.05, 3.63) is 54.6 Å². The van der Waals surface area contributed by atoms with Crippen LogP contribution in [0.1, 0.15) is 19.3 Å². The van der Waals surface area contributed by atoms with E-state index in [-0.39, 0.29) is 11.4 Å². The zero-order valence-corrected chi connectivity index (χ0v) is 17.1. The normalized spacial score (nSPS) is 16.5. The molecule has 152 valence electrons. The van der Waals surface area contributed by atoms with Crippen LogP contribution < -0.4 is 13.9 Å². The second kappa shape index (κ2) is 9.41. The summed E-state index contributed by atoms with van der Waals surface area (Å²) in [6, 6.07) is 15.3. The molecule has 1 aliphatic heterocycles. The van der Waals surface area contributed by atoms with Crippen molar-refractivity contribution in [2.24, 2.45) is 0 Å². The van der Waals surface area contributed by atoms with Crippen molar-refractivity contribution >= 4 is 15.7 Å². The van der Waals surface area contributed by atoms with Crippen molar-refractivity contribution in [1.82, 2.24) is 0 Å². The lowest BCUT2D eigenvalue weighted by molar-refractivity contribution is -0.907. The van der Waals surface area contributed by atoms with E-state index < -0.39 is 16.1 Å². The quantitative estimate of drug-likeness (QED) is 0.695. The van der Waals surface area contributed by atoms with Gasteiger partial charge < -0.3 is 14.7 Å². The summed E-state index contributed by atoms with van der Waals surface area (Å²) < 4.78 is 33.4. The third kappa shape index (κ3) is 4.84. The molecule has 0 aromatic heterocycles. The van der Waals surface area contributed by atoms with Crippen molar-refractivity contribution in [3.8, 4) is 5.75 Å². The molecular formula is C21H29N2O4S+. The van der Waals surface area contributed by atoms with Crippen LogP contribution in [0.25, 0.3) is 0 Å². The number of aliphatic hydroxyl groups is 1. The van der Waals surface area contributed by atoms with Crippen LogP contribution in [-0.2, 0) is 10.0 Å². The lowest BCUT2D eigenvalue weighted by Crippen LogP contribution is -3.14. The molecule has 1 heterocycles. The fourth-order valence-corrected chi connectivity index (χ4v) is 5.26. The lowest BCUT2D eigenvalue weighted by Gasteiger charge is -2.30. The van der Waals surface area contributed by atoms with Crippen molar-refractivity contribution in [2.45, 2.75) is 30.3 Å². The predicted octanol–water partition coefficient (Wildman–Crippen LogP) is 1.32. The van der Waals surface area contributed by atoms with Gasteiger partial charge in [0.2, 0.25) is 0 Å². The van der Waals surface area contributed by atoms with Gasteiger partial charge in [-0.1, -0.05) is 30.3 Å². The molecule has 0 spiro atoms. The number of nitrogens with zero attached hydrogens (tertiary/aromatic N) is 1. The number of hydrogen-bond donors (Lipinski definition) is 2. The smallest absolute Gasteiger partial charge is 0.264 e. The number of rotatable bonds is 8. The van der Waals surface area contributed by atoms with E-state index in [1.165, 1.54) is 22.7 Å². The Bertz CT molecular complexity index is 852. The maximum absolute atomic E-state index is 13.4. The fraction of sp³-hybridized carbons (Fsp3) is 0.429. The molecule has 0 aliphatic carbocycles. The van der Waals surface area contributed by atoms with E-state index in [1.54, 1.807) is 54.6 Å². The summed E-state index contributed by atoms with van der Waals surface area (Å²) in [6.07, 6.45) is 2.77. The van der Waals surface area contributed by atoms with E-state index in [9.17, 15) is 13.5 Å². The maximum Gasteiger partial charge on any atom is 0.264 e. The fourth-order valence-electron chi connectivity index (χ4n) is 3.73. The molecule has 3 rings (SSSR count). The third-order valence-corrected chi connectivity index (χ3v) is 6.94. The topological polar surface area (TPSA) is 71.3 Å². The number of likely N-dealkylation sites (tertiary alicyclic amines) is 1. The highest BCUT2D eigenvalue weighted by Gasteiger charge is 2.30. The van der Waals surface area contributed by atoms with Crippen molar-refractivity contribution in [2.75, 3.05) is 37.6 Å². The van der Waals surface area contributed by atoms with Gasteiger partial charge in [-0.05, 0) is 43.5 Å². The van der Waals surface area contributed by atoms with Gasteiger partial charge in [-0.25, -0.2) is 8.42 Å². The number of ether oxygens (including phenoxy) is 1. The number of anilines is 1. The van der Waals surface area contributed by atoms with Crippen LogP contribution in [0.2, 0.25) is 0 Å². The van der Waals surface area contributed by atoms with Crippen LogP contribution in [0, 0.1) is 0 Å². The lowest BCUT2D eigenvalue weighted by atomic mass is 10.1. The number of nitrogens with one attached hydrogen (secondary N) is 1.